The van der Waals surface area contributed by atoms with Crippen LogP contribution in [0, 0.1) is 0 Å². The SMILES string of the molecule is c1ccc([Si]2(c3ccccc3)c3ccccc3N(c3cc(N(c4ccc(-c5ccncc5)cc4)c4ccc(-c5cncnc5)cc4)cc(N4c5ccccc5Sc5ccccc54)n3)c3ccccc32)cc1. The monoisotopic (exact) mass is 945 g/mol. The lowest BCUT2D eigenvalue weighted by atomic mass is 10.1. The van der Waals surface area contributed by atoms with Crippen LogP contribution in [-0.2, 0) is 0 Å². The van der Waals surface area contributed by atoms with Crippen molar-refractivity contribution in [3.8, 4) is 22.3 Å². The van der Waals surface area contributed by atoms with Gasteiger partial charge >= 0.3 is 0 Å². The van der Waals surface area contributed by atoms with Gasteiger partial charge in [-0.3, -0.25) is 14.8 Å². The van der Waals surface area contributed by atoms with E-state index in [1.807, 2.05) is 36.9 Å². The van der Waals surface area contributed by atoms with Crippen molar-refractivity contribution >= 4 is 92.0 Å². The summed E-state index contributed by atoms with van der Waals surface area (Å²) < 4.78 is 0. The molecular weight excluding hydrogens is 903 g/mol. The number of para-hydroxylation sites is 4. The van der Waals surface area contributed by atoms with Gasteiger partial charge in [-0.15, -0.1) is 0 Å². The number of rotatable bonds is 9. The van der Waals surface area contributed by atoms with E-state index in [2.05, 4.69) is 248 Å². The summed E-state index contributed by atoms with van der Waals surface area (Å²) in [6.45, 7) is 0. The molecule has 9 heteroatoms. The molecule has 0 spiro atoms. The van der Waals surface area contributed by atoms with Crippen molar-refractivity contribution < 1.29 is 0 Å². The highest BCUT2D eigenvalue weighted by Crippen LogP contribution is 2.52. The van der Waals surface area contributed by atoms with E-state index in [0.29, 0.717) is 0 Å². The summed E-state index contributed by atoms with van der Waals surface area (Å²) in [5.41, 5.74) is 11.5. The van der Waals surface area contributed by atoms with Crippen LogP contribution in [0.5, 0.6) is 0 Å². The van der Waals surface area contributed by atoms with E-state index in [4.69, 9.17) is 4.98 Å². The minimum atomic E-state index is -2.91. The largest absolute Gasteiger partial charge is 0.310 e. The van der Waals surface area contributed by atoms with Gasteiger partial charge < -0.3 is 4.90 Å². The van der Waals surface area contributed by atoms with E-state index >= 15 is 0 Å². The summed E-state index contributed by atoms with van der Waals surface area (Å²) >= 11 is 1.79. The Hall–Kier alpha value is -8.89. The lowest BCUT2D eigenvalue weighted by molar-refractivity contribution is 1.09. The van der Waals surface area contributed by atoms with Crippen molar-refractivity contribution in [3.05, 3.63) is 262 Å². The fourth-order valence-corrected chi connectivity index (χ4v) is 16.7. The molecule has 8 aromatic carbocycles. The number of fused-ring (bicyclic) bond motifs is 4. The first-order valence-corrected chi connectivity index (χ1v) is 26.5. The summed E-state index contributed by atoms with van der Waals surface area (Å²) in [6.07, 6.45) is 8.96. The minimum Gasteiger partial charge on any atom is -0.310 e. The molecule has 11 aromatic rings. The average Bonchev–Trinajstić information content (AvgIpc) is 3.45. The standard InChI is InChI=1S/C62H43N7SSi/c1-3-15-51(16-4-1)71(52-17-5-2-6-18-52)59-25-13-9-21-55(59)69(56-22-10-14-26-60(56)71)62-40-50(39-61(66-62)68-53-19-7-11-23-57(53)70-58-24-12-8-20-54(58)68)67(48-31-27-44(28-32-48)46-35-37-63-38-36-46)49-33-29-45(30-34-49)47-41-64-43-65-42-47/h1-43H. The van der Waals surface area contributed by atoms with Crippen LogP contribution in [0.1, 0.15) is 0 Å². The Morgan fingerprint density at radius 2 is 0.789 bits per heavy atom. The van der Waals surface area contributed by atoms with Gasteiger partial charge in [0.05, 0.1) is 17.1 Å². The third-order valence-electron chi connectivity index (χ3n) is 13.6. The van der Waals surface area contributed by atoms with Crippen LogP contribution in [0.2, 0.25) is 0 Å². The Morgan fingerprint density at radius 3 is 1.31 bits per heavy atom. The van der Waals surface area contributed by atoms with E-state index in [-0.39, 0.29) is 0 Å². The molecule has 7 nitrogen and oxygen atoms in total. The summed E-state index contributed by atoms with van der Waals surface area (Å²) in [4.78, 5) is 28.2. The molecule has 0 fully saturated rings. The molecule has 0 aliphatic carbocycles. The predicted molar refractivity (Wildman–Crippen MR) is 294 cm³/mol. The van der Waals surface area contributed by atoms with Crippen LogP contribution >= 0.6 is 11.8 Å². The summed E-state index contributed by atoms with van der Waals surface area (Å²) in [5, 5.41) is 5.27. The van der Waals surface area contributed by atoms with Gasteiger partial charge in [0.25, 0.3) is 0 Å². The Labute approximate surface area is 418 Å². The van der Waals surface area contributed by atoms with Crippen molar-refractivity contribution in [2.24, 2.45) is 0 Å². The highest BCUT2D eigenvalue weighted by Gasteiger charge is 2.49. The first kappa shape index (κ1) is 42.2. The van der Waals surface area contributed by atoms with Crippen molar-refractivity contribution in [2.45, 2.75) is 9.79 Å². The number of anilines is 9. The Balaban J connectivity index is 1.08. The first-order valence-electron chi connectivity index (χ1n) is 23.7. The fraction of sp³-hybridized carbons (Fsp3) is 0. The van der Waals surface area contributed by atoms with E-state index in [0.717, 1.165) is 73.7 Å². The highest BCUT2D eigenvalue weighted by molar-refractivity contribution is 7.99. The van der Waals surface area contributed by atoms with Crippen molar-refractivity contribution in [1.29, 1.82) is 0 Å². The molecule has 71 heavy (non-hydrogen) atoms. The summed E-state index contributed by atoms with van der Waals surface area (Å²) in [5.74, 6) is 1.59. The van der Waals surface area contributed by atoms with Crippen LogP contribution in [0.15, 0.2) is 271 Å². The maximum absolute atomic E-state index is 5.86. The van der Waals surface area contributed by atoms with Gasteiger partial charge in [0.1, 0.15) is 18.0 Å². The molecule has 0 unspecified atom stereocenters. The zero-order valence-corrected chi connectivity index (χ0v) is 40.2. The molecule has 336 valence electrons. The lowest BCUT2D eigenvalue weighted by Crippen LogP contribution is -2.77. The maximum atomic E-state index is 5.86. The molecule has 0 saturated heterocycles. The number of aromatic nitrogens is 4. The summed E-state index contributed by atoms with van der Waals surface area (Å²) in [6, 6.07) is 83.8. The smallest absolute Gasteiger partial charge is 0.184 e. The second-order valence-corrected chi connectivity index (χ2v) is 22.4. The second-order valence-electron chi connectivity index (χ2n) is 17.6. The van der Waals surface area contributed by atoms with Gasteiger partial charge in [-0.05, 0) is 110 Å². The Kier molecular flexibility index (Phi) is 10.6. The Morgan fingerprint density at radius 1 is 0.366 bits per heavy atom. The molecule has 2 aliphatic heterocycles. The van der Waals surface area contributed by atoms with E-state index in [1.54, 1.807) is 18.1 Å². The quantitative estimate of drug-likeness (QED) is 0.133. The van der Waals surface area contributed by atoms with Crippen LogP contribution in [-0.4, -0.2) is 28.0 Å². The van der Waals surface area contributed by atoms with Gasteiger partial charge in [0, 0.05) is 75.0 Å². The normalized spacial score (nSPS) is 13.1. The van der Waals surface area contributed by atoms with E-state index in [9.17, 15) is 0 Å². The molecule has 2 aliphatic rings. The highest BCUT2D eigenvalue weighted by atomic mass is 32.2. The Bertz CT molecular complexity index is 3480. The molecule has 0 N–H and O–H groups in total. The third kappa shape index (κ3) is 7.29. The molecule has 0 amide bonds. The zero-order valence-electron chi connectivity index (χ0n) is 38.4. The van der Waals surface area contributed by atoms with Crippen LogP contribution in [0.3, 0.4) is 0 Å². The predicted octanol–water partition coefficient (Wildman–Crippen LogP) is 13.2. The topological polar surface area (TPSA) is 61.3 Å². The molecule has 3 aromatic heterocycles. The molecule has 0 radical (unpaired) electrons. The number of benzene rings is 8. The van der Waals surface area contributed by atoms with Gasteiger partial charge in [-0.1, -0.05) is 157 Å². The number of hydrogen-bond acceptors (Lipinski definition) is 8. The van der Waals surface area contributed by atoms with Crippen LogP contribution < -0.4 is 35.4 Å². The van der Waals surface area contributed by atoms with Gasteiger partial charge in [0.15, 0.2) is 8.07 Å². The maximum Gasteiger partial charge on any atom is 0.184 e. The number of hydrogen-bond donors (Lipinski definition) is 0. The third-order valence-corrected chi connectivity index (χ3v) is 19.6. The van der Waals surface area contributed by atoms with Crippen LogP contribution in [0.4, 0.5) is 51.4 Å². The van der Waals surface area contributed by atoms with Gasteiger partial charge in [-0.2, -0.15) is 0 Å². The van der Waals surface area contributed by atoms with Crippen molar-refractivity contribution in [2.75, 3.05) is 14.7 Å². The van der Waals surface area contributed by atoms with Crippen molar-refractivity contribution in [3.63, 3.8) is 0 Å². The van der Waals surface area contributed by atoms with Gasteiger partial charge in [-0.25, -0.2) is 15.0 Å². The number of pyridine rings is 2. The van der Waals surface area contributed by atoms with Gasteiger partial charge in [0.2, 0.25) is 0 Å². The average molecular weight is 946 g/mol. The first-order chi connectivity index (χ1) is 35.2. The van der Waals surface area contributed by atoms with Crippen LogP contribution in [0.25, 0.3) is 22.3 Å². The molecule has 5 heterocycles. The zero-order chi connectivity index (χ0) is 47.1. The lowest BCUT2D eigenvalue weighted by Gasteiger charge is -2.45. The van der Waals surface area contributed by atoms with E-state index in [1.165, 1.54) is 30.5 Å². The molecule has 13 rings (SSSR count). The number of nitrogens with zero attached hydrogens (tertiary/aromatic N) is 7. The molecular formula is C62H43N7SSi. The second kappa shape index (κ2) is 17.9. The molecule has 0 atom stereocenters. The molecule has 0 saturated carbocycles. The van der Waals surface area contributed by atoms with Crippen molar-refractivity contribution in [1.82, 2.24) is 19.9 Å². The summed E-state index contributed by atoms with van der Waals surface area (Å²) in [7, 11) is -2.91. The minimum absolute atomic E-state index is 0.796. The fourth-order valence-electron chi connectivity index (χ4n) is 10.5. The molecule has 0 bridgehead atoms. The van der Waals surface area contributed by atoms with E-state index < -0.39 is 8.07 Å².